The van der Waals surface area contributed by atoms with Gasteiger partial charge in [0.1, 0.15) is 11.5 Å². The Morgan fingerprint density at radius 1 is 1.05 bits per heavy atom. The molecule has 1 rings (SSSR count). The van der Waals surface area contributed by atoms with Gasteiger partial charge in [0, 0.05) is 0 Å². The monoisotopic (exact) mass is 312 g/mol. The third-order valence-corrected chi connectivity index (χ3v) is 2.68. The van der Waals surface area contributed by atoms with E-state index in [0.29, 0.717) is 0 Å². The molecule has 0 saturated heterocycles. The van der Waals surface area contributed by atoms with Crippen LogP contribution in [0.2, 0.25) is 0 Å². The van der Waals surface area contributed by atoms with E-state index in [2.05, 4.69) is 13.8 Å². The molecule has 0 bridgehead atoms. The van der Waals surface area contributed by atoms with Crippen LogP contribution in [0.25, 0.3) is 0 Å². The molecule has 0 radical (unpaired) electrons. The smallest absolute Gasteiger partial charge is 0.870 e. The first-order valence-electron chi connectivity index (χ1n) is 5.18. The Balaban J connectivity index is -0.000000320. The summed E-state index contributed by atoms with van der Waals surface area (Å²) in [5.41, 5.74) is -0.339. The zero-order valence-electron chi connectivity index (χ0n) is 11.0. The Labute approximate surface area is 146 Å². The number of benzene rings is 1. The van der Waals surface area contributed by atoms with Crippen LogP contribution in [0.3, 0.4) is 0 Å². The third kappa shape index (κ3) is 11.3. The van der Waals surface area contributed by atoms with Crippen LogP contribution in [0.15, 0.2) is 24.3 Å². The molecular formula is C12H16CaO5S. The number of carboxylic acids is 2. The summed E-state index contributed by atoms with van der Waals surface area (Å²) in [7, 11) is 0. The predicted octanol–water partition coefficient (Wildman–Crippen LogP) is -1.30. The van der Waals surface area contributed by atoms with E-state index >= 15 is 0 Å². The van der Waals surface area contributed by atoms with Gasteiger partial charge in [-0.15, -0.1) is 0 Å². The summed E-state index contributed by atoms with van der Waals surface area (Å²) in [5, 5.41) is 20.5. The second-order valence-electron chi connectivity index (χ2n) is 3.01. The molecule has 0 aromatic heterocycles. The van der Waals surface area contributed by atoms with Crippen molar-refractivity contribution in [3.63, 3.8) is 0 Å². The molecule has 0 aliphatic heterocycles. The van der Waals surface area contributed by atoms with Gasteiger partial charge in [-0.1, -0.05) is 18.2 Å². The largest absolute Gasteiger partial charge is 2.00 e. The minimum Gasteiger partial charge on any atom is -0.870 e. The first-order valence-corrected chi connectivity index (χ1v) is 6.45. The summed E-state index contributed by atoms with van der Waals surface area (Å²) in [5.74, 6) is -0.177. The molecule has 19 heavy (non-hydrogen) atoms. The van der Waals surface area contributed by atoms with E-state index in [1.165, 1.54) is 29.7 Å². The summed E-state index contributed by atoms with van der Waals surface area (Å²) in [4.78, 5) is 20.5. The van der Waals surface area contributed by atoms with Crippen molar-refractivity contribution in [2.45, 2.75) is 13.8 Å². The van der Waals surface area contributed by atoms with Gasteiger partial charge in [-0.25, -0.2) is 0 Å². The van der Waals surface area contributed by atoms with Crippen molar-refractivity contribution in [3.8, 4) is 0 Å². The molecule has 1 aromatic rings. The molecule has 7 heteroatoms. The summed E-state index contributed by atoms with van der Waals surface area (Å²) < 4.78 is 0. The Morgan fingerprint density at radius 3 is 1.63 bits per heavy atom. The van der Waals surface area contributed by atoms with Crippen LogP contribution < -0.4 is 10.2 Å². The Kier molecular flexibility index (Phi) is 17.7. The van der Waals surface area contributed by atoms with E-state index in [-0.39, 0.29) is 54.3 Å². The van der Waals surface area contributed by atoms with Crippen molar-refractivity contribution < 1.29 is 25.3 Å². The van der Waals surface area contributed by atoms with Gasteiger partial charge >= 0.3 is 37.7 Å². The van der Waals surface area contributed by atoms with Crippen LogP contribution in [0.1, 0.15) is 34.6 Å². The molecule has 0 amide bonds. The van der Waals surface area contributed by atoms with Crippen LogP contribution in [0, 0.1) is 0 Å². The van der Waals surface area contributed by atoms with Gasteiger partial charge in [-0.3, -0.25) is 0 Å². The molecule has 0 saturated carbocycles. The van der Waals surface area contributed by atoms with Crippen molar-refractivity contribution in [1.29, 1.82) is 0 Å². The van der Waals surface area contributed by atoms with Crippen LogP contribution in [-0.4, -0.2) is 66.7 Å². The zero-order chi connectivity index (χ0) is 13.3. The average molecular weight is 312 g/mol. The van der Waals surface area contributed by atoms with Crippen LogP contribution in [-0.2, 0) is 11.8 Å². The number of carbonyl (C=O) groups is 2. The Hall–Kier alpha value is -0.270. The third-order valence-electron chi connectivity index (χ3n) is 1.78. The molecule has 0 unspecified atom stereocenters. The van der Waals surface area contributed by atoms with Gasteiger partial charge in [-0.05, 0) is 42.8 Å². The molecule has 0 atom stereocenters. The van der Waals surface area contributed by atoms with Crippen molar-refractivity contribution in [2.75, 3.05) is 11.5 Å². The van der Waals surface area contributed by atoms with Crippen LogP contribution >= 0.6 is 0 Å². The van der Waals surface area contributed by atoms with E-state index in [1.54, 1.807) is 11.8 Å². The fraction of sp³-hybridized carbons (Fsp3) is 0.333. The average Bonchev–Trinajstić information content (AvgIpc) is 2.31. The van der Waals surface area contributed by atoms with Gasteiger partial charge in [0.25, 0.3) is 0 Å². The molecule has 5 nitrogen and oxygen atoms in total. The summed E-state index contributed by atoms with van der Waals surface area (Å²) in [6.07, 6.45) is 0. The van der Waals surface area contributed by atoms with Gasteiger partial charge in [0.15, 0.2) is 0 Å². The number of hydrogen-bond donors (Lipinski definition) is 0. The molecule has 1 N–H and O–H groups in total. The maximum atomic E-state index is 10.3. The molecule has 0 heterocycles. The van der Waals surface area contributed by atoms with Gasteiger partial charge in [-0.2, -0.15) is 0 Å². The second kappa shape index (κ2) is 14.1. The number of thiol groups is 1. The molecule has 102 valence electrons. The van der Waals surface area contributed by atoms with E-state index in [1.807, 2.05) is 0 Å². The fourth-order valence-electron chi connectivity index (χ4n) is 0.997. The molecule has 0 aliphatic carbocycles. The summed E-state index contributed by atoms with van der Waals surface area (Å²) >= 11 is 1.58. The van der Waals surface area contributed by atoms with E-state index in [4.69, 9.17) is 0 Å². The Morgan fingerprint density at radius 2 is 1.42 bits per heavy atom. The zero-order valence-corrected chi connectivity index (χ0v) is 14.1. The van der Waals surface area contributed by atoms with Crippen LogP contribution in [0.5, 0.6) is 0 Å². The molecule has 1 aromatic carbocycles. The second-order valence-corrected chi connectivity index (χ2v) is 4.72. The minimum atomic E-state index is -1.40. The molecule has 0 fully saturated rings. The van der Waals surface area contributed by atoms with Gasteiger partial charge < -0.3 is 25.3 Å². The first-order chi connectivity index (χ1) is 8.02. The summed E-state index contributed by atoms with van der Waals surface area (Å²) in [6.45, 7) is 4.40. The number of carboxylic acid groups (broad SMARTS) is 2. The SMILES string of the molecule is CC[SH+]CC.O=C([O-])c1cccc(C(=O)[O-])c1.[Ca+2].[OH-]. The standard InChI is InChI=1S/C8H6O4.C4H10S.Ca.H2O/c9-7(10)5-2-1-3-6(4-5)8(11)12;1-3-5-4-2;;/h1-4H,(H,9,10)(H,11,12);3-4H2,1-2H3;;1H2/q;;+2;/p-2. The van der Waals surface area contributed by atoms with Gasteiger partial charge in [0.05, 0.1) is 11.9 Å². The Bertz CT molecular complexity index is 353. The van der Waals surface area contributed by atoms with E-state index in [0.717, 1.165) is 6.07 Å². The maximum absolute atomic E-state index is 10.3. The fourth-order valence-corrected chi connectivity index (χ4v) is 1.44. The predicted molar refractivity (Wildman–Crippen MR) is 72.6 cm³/mol. The first kappa shape index (κ1) is 23.8. The summed E-state index contributed by atoms with van der Waals surface area (Å²) in [6, 6.07) is 4.81. The topological polar surface area (TPSA) is 110 Å². The normalized spacial score (nSPS) is 8.11. The molecule has 0 spiro atoms. The number of rotatable bonds is 4. The minimum absolute atomic E-state index is 0. The van der Waals surface area contributed by atoms with Crippen molar-refractivity contribution in [1.82, 2.24) is 0 Å². The van der Waals surface area contributed by atoms with Crippen LogP contribution in [0.4, 0.5) is 0 Å². The molecular weight excluding hydrogens is 296 g/mol. The number of hydrogen-bond acceptors (Lipinski definition) is 5. The van der Waals surface area contributed by atoms with Crippen molar-refractivity contribution in [3.05, 3.63) is 35.4 Å². The number of carbonyl (C=O) groups excluding carboxylic acids is 2. The maximum Gasteiger partial charge on any atom is 2.00 e. The van der Waals surface area contributed by atoms with Crippen molar-refractivity contribution >= 4 is 61.4 Å². The molecule has 0 aliphatic rings. The van der Waals surface area contributed by atoms with E-state index < -0.39 is 11.9 Å². The van der Waals surface area contributed by atoms with Crippen molar-refractivity contribution in [2.24, 2.45) is 0 Å². The quantitative estimate of drug-likeness (QED) is 0.390. The van der Waals surface area contributed by atoms with Gasteiger partial charge in [0.2, 0.25) is 0 Å². The van der Waals surface area contributed by atoms with E-state index in [9.17, 15) is 19.8 Å². The number of aromatic carboxylic acids is 2.